The highest BCUT2D eigenvalue weighted by molar-refractivity contribution is 6.08. The van der Waals surface area contributed by atoms with E-state index >= 15 is 0 Å². The Morgan fingerprint density at radius 1 is 0.909 bits per heavy atom. The average Bonchev–Trinajstić information content (AvgIpc) is 2.79. The molecule has 33 heavy (non-hydrogen) atoms. The second-order valence-electron chi connectivity index (χ2n) is 8.48. The van der Waals surface area contributed by atoms with Crippen molar-refractivity contribution < 1.29 is 19.4 Å². The van der Waals surface area contributed by atoms with Crippen molar-refractivity contribution in [2.75, 3.05) is 0 Å². The van der Waals surface area contributed by atoms with Gasteiger partial charge in [0.25, 0.3) is 0 Å². The van der Waals surface area contributed by atoms with Crippen LogP contribution >= 0.6 is 0 Å². The highest BCUT2D eigenvalue weighted by Crippen LogP contribution is 2.43. The molecule has 0 saturated carbocycles. The molecule has 2 aromatic carbocycles. The van der Waals surface area contributed by atoms with Crippen LogP contribution in [0, 0.1) is 0 Å². The van der Waals surface area contributed by atoms with E-state index < -0.39 is 5.97 Å². The summed E-state index contributed by atoms with van der Waals surface area (Å²) in [5.74, 6) is -0.605. The minimum atomic E-state index is -1.00. The topological polar surface area (TPSA) is 87.7 Å². The van der Waals surface area contributed by atoms with Crippen LogP contribution in [0.15, 0.2) is 63.8 Å². The first-order valence-electron chi connectivity index (χ1n) is 11.5. The number of hydrogen-bond donors (Lipinski definition) is 2. The molecule has 0 amide bonds. The van der Waals surface area contributed by atoms with Crippen molar-refractivity contribution in [3.63, 3.8) is 0 Å². The van der Waals surface area contributed by atoms with Gasteiger partial charge in [0.1, 0.15) is 17.1 Å². The molecule has 5 heteroatoms. The Morgan fingerprint density at radius 2 is 1.70 bits per heavy atom. The van der Waals surface area contributed by atoms with Gasteiger partial charge in [-0.2, -0.15) is 0 Å². The standard InChI is InChI=1S/C28H28O5/c1-2-3-4-5-6-7-9-18-10-8-11-23(28(31)32)26(18)27-21-14-12-19(29)16-24(21)33-25-17-20(30)13-15-22(25)27/h8,10-17,29H,2-7,9H2,1H3,(H,31,32). The number of rotatable bonds is 9. The van der Waals surface area contributed by atoms with Gasteiger partial charge in [-0.25, -0.2) is 4.79 Å². The third kappa shape index (κ3) is 4.77. The molecule has 1 aliphatic heterocycles. The predicted octanol–water partition coefficient (Wildman–Crippen LogP) is 6.87. The molecular weight excluding hydrogens is 416 g/mol. The summed E-state index contributed by atoms with van der Waals surface area (Å²) in [5, 5.41) is 20.7. The molecule has 4 rings (SSSR count). The van der Waals surface area contributed by atoms with Crippen molar-refractivity contribution in [1.82, 2.24) is 0 Å². The molecular formula is C28H28O5. The summed E-state index contributed by atoms with van der Waals surface area (Å²) >= 11 is 0. The Balaban J connectivity index is 1.91. The molecule has 0 aromatic heterocycles. The Labute approximate surface area is 192 Å². The molecule has 1 aliphatic carbocycles. The second-order valence-corrected chi connectivity index (χ2v) is 8.48. The van der Waals surface area contributed by atoms with E-state index in [1.54, 1.807) is 30.3 Å². The van der Waals surface area contributed by atoms with Gasteiger partial charge in [-0.15, -0.1) is 0 Å². The minimum absolute atomic E-state index is 0.0358. The van der Waals surface area contributed by atoms with Crippen LogP contribution in [0.1, 0.15) is 61.4 Å². The predicted molar refractivity (Wildman–Crippen MR) is 130 cm³/mol. The molecule has 2 aliphatic rings. The maximum Gasteiger partial charge on any atom is 0.336 e. The van der Waals surface area contributed by atoms with E-state index in [1.807, 2.05) is 6.07 Å². The Kier molecular flexibility index (Phi) is 6.78. The summed E-state index contributed by atoms with van der Waals surface area (Å²) < 4.78 is 5.94. The normalized spacial score (nSPS) is 11.3. The van der Waals surface area contributed by atoms with Crippen molar-refractivity contribution in [3.05, 3.63) is 75.9 Å². The maximum atomic E-state index is 12.3. The summed E-state index contributed by atoms with van der Waals surface area (Å²) in [7, 11) is 0. The molecule has 0 bridgehead atoms. The van der Waals surface area contributed by atoms with Crippen molar-refractivity contribution in [3.8, 4) is 28.2 Å². The fraction of sp³-hybridized carbons (Fsp3) is 0.286. The molecule has 0 spiro atoms. The van der Waals surface area contributed by atoms with Crippen LogP contribution in [-0.2, 0) is 6.42 Å². The zero-order chi connectivity index (χ0) is 23.4. The lowest BCUT2D eigenvalue weighted by Gasteiger charge is -2.19. The van der Waals surface area contributed by atoms with Crippen molar-refractivity contribution in [1.29, 1.82) is 0 Å². The quantitative estimate of drug-likeness (QED) is 0.217. The SMILES string of the molecule is CCCCCCCCc1cccc(C(=O)O)c1-c1c2ccc(=O)cc-2oc2cc(O)ccc12. The highest BCUT2D eigenvalue weighted by Gasteiger charge is 2.24. The summed E-state index contributed by atoms with van der Waals surface area (Å²) in [6.07, 6.45) is 7.65. The van der Waals surface area contributed by atoms with Gasteiger partial charge in [0, 0.05) is 34.2 Å². The minimum Gasteiger partial charge on any atom is -0.508 e. The smallest absolute Gasteiger partial charge is 0.336 e. The fourth-order valence-corrected chi connectivity index (χ4v) is 4.51. The second kappa shape index (κ2) is 9.90. The molecule has 2 aromatic rings. The Hall–Kier alpha value is -3.60. The van der Waals surface area contributed by atoms with Gasteiger partial charge >= 0.3 is 5.97 Å². The number of carbonyl (C=O) groups is 1. The third-order valence-electron chi connectivity index (χ3n) is 6.11. The molecule has 0 fully saturated rings. The Bertz CT molecular complexity index is 1320. The third-order valence-corrected chi connectivity index (χ3v) is 6.11. The van der Waals surface area contributed by atoms with Crippen LogP contribution in [0.25, 0.3) is 33.4 Å². The number of phenolic OH excluding ortho intramolecular Hbond substituents is 1. The number of fused-ring (bicyclic) bond motifs is 2. The van der Waals surface area contributed by atoms with Crippen LogP contribution in [-0.4, -0.2) is 16.2 Å². The first kappa shape index (κ1) is 22.6. The van der Waals surface area contributed by atoms with E-state index in [2.05, 4.69) is 6.92 Å². The molecule has 5 nitrogen and oxygen atoms in total. The monoisotopic (exact) mass is 444 g/mol. The van der Waals surface area contributed by atoms with Crippen LogP contribution in [0.3, 0.4) is 0 Å². The summed E-state index contributed by atoms with van der Waals surface area (Å²) in [4.78, 5) is 24.3. The van der Waals surface area contributed by atoms with E-state index in [0.717, 1.165) is 24.8 Å². The van der Waals surface area contributed by atoms with Gasteiger partial charge in [0.2, 0.25) is 0 Å². The van der Waals surface area contributed by atoms with Crippen LogP contribution in [0.4, 0.5) is 0 Å². The molecule has 170 valence electrons. The number of aromatic hydroxyl groups is 1. The van der Waals surface area contributed by atoms with Crippen LogP contribution in [0.2, 0.25) is 0 Å². The van der Waals surface area contributed by atoms with Gasteiger partial charge in [0.15, 0.2) is 5.43 Å². The van der Waals surface area contributed by atoms with Crippen LogP contribution < -0.4 is 5.43 Å². The van der Waals surface area contributed by atoms with E-state index in [1.165, 1.54) is 43.9 Å². The number of benzene rings is 3. The van der Waals surface area contributed by atoms with Gasteiger partial charge in [-0.3, -0.25) is 4.79 Å². The van der Waals surface area contributed by atoms with E-state index in [0.29, 0.717) is 33.4 Å². The number of hydrogen-bond acceptors (Lipinski definition) is 4. The van der Waals surface area contributed by atoms with E-state index in [9.17, 15) is 19.8 Å². The van der Waals surface area contributed by atoms with Crippen molar-refractivity contribution >= 4 is 16.9 Å². The van der Waals surface area contributed by atoms with E-state index in [4.69, 9.17) is 4.42 Å². The zero-order valence-electron chi connectivity index (χ0n) is 18.8. The molecule has 2 N–H and O–H groups in total. The van der Waals surface area contributed by atoms with Gasteiger partial charge in [-0.05, 0) is 48.7 Å². The summed E-state index contributed by atoms with van der Waals surface area (Å²) in [5.41, 5.74) is 3.40. The largest absolute Gasteiger partial charge is 0.508 e. The van der Waals surface area contributed by atoms with Gasteiger partial charge in [-0.1, -0.05) is 51.2 Å². The molecule has 0 unspecified atom stereocenters. The first-order chi connectivity index (χ1) is 16.0. The zero-order valence-corrected chi connectivity index (χ0v) is 18.8. The lowest BCUT2D eigenvalue weighted by atomic mass is 9.86. The summed E-state index contributed by atoms with van der Waals surface area (Å²) in [6.45, 7) is 2.19. The number of unbranched alkanes of at least 4 members (excludes halogenated alkanes) is 5. The van der Waals surface area contributed by atoms with E-state index in [-0.39, 0.29) is 16.7 Å². The number of aromatic carboxylic acids is 1. The van der Waals surface area contributed by atoms with Crippen molar-refractivity contribution in [2.45, 2.75) is 51.9 Å². The first-order valence-corrected chi connectivity index (χ1v) is 11.5. The van der Waals surface area contributed by atoms with Gasteiger partial charge in [0.05, 0.1) is 5.56 Å². The van der Waals surface area contributed by atoms with Crippen molar-refractivity contribution in [2.24, 2.45) is 0 Å². The maximum absolute atomic E-state index is 12.3. The van der Waals surface area contributed by atoms with Gasteiger partial charge < -0.3 is 14.6 Å². The number of phenols is 1. The number of aryl methyl sites for hydroxylation is 1. The fourth-order valence-electron chi connectivity index (χ4n) is 4.51. The number of carboxylic acids is 1. The highest BCUT2D eigenvalue weighted by atomic mass is 16.4. The lowest BCUT2D eigenvalue weighted by molar-refractivity contribution is 0.0697. The lowest BCUT2D eigenvalue weighted by Crippen LogP contribution is -2.06. The molecule has 0 atom stereocenters. The van der Waals surface area contributed by atoms with Crippen LogP contribution in [0.5, 0.6) is 5.75 Å². The summed E-state index contributed by atoms with van der Waals surface area (Å²) in [6, 6.07) is 14.7. The molecule has 0 saturated heterocycles. The molecule has 1 heterocycles. The number of carboxylic acid groups (broad SMARTS) is 1. The molecule has 0 radical (unpaired) electrons. The average molecular weight is 445 g/mol. The Morgan fingerprint density at radius 3 is 2.48 bits per heavy atom.